The smallest absolute Gasteiger partial charge is 0.325 e. The van der Waals surface area contributed by atoms with Crippen LogP contribution in [0.4, 0.5) is 4.39 Å². The second-order valence-corrected chi connectivity index (χ2v) is 4.40. The number of nitrogens with one attached hydrogen (secondary N) is 1. The van der Waals surface area contributed by atoms with Crippen LogP contribution in [0.3, 0.4) is 0 Å². The number of carboxylic acid groups (broad SMARTS) is 1. The van der Waals surface area contributed by atoms with Crippen molar-refractivity contribution in [3.63, 3.8) is 0 Å². The molecule has 114 valence electrons. The van der Waals surface area contributed by atoms with Crippen molar-refractivity contribution in [1.82, 2.24) is 5.32 Å². The molecule has 2 N–H and O–H groups in total. The zero-order valence-electron chi connectivity index (χ0n) is 11.7. The van der Waals surface area contributed by atoms with Crippen LogP contribution in [0, 0.1) is 5.82 Å². The maximum Gasteiger partial charge on any atom is 0.325 e. The number of methoxy groups -OCH3 is 1. The van der Waals surface area contributed by atoms with Crippen molar-refractivity contribution in [3.8, 4) is 5.75 Å². The molecule has 0 aliphatic rings. The van der Waals surface area contributed by atoms with Crippen LogP contribution in [0.5, 0.6) is 5.75 Å². The Balaban J connectivity index is 2.56. The Labute approximate surface area is 120 Å². The topological polar surface area (TPSA) is 92.7 Å². The third-order valence-corrected chi connectivity index (χ3v) is 2.80. The quantitative estimate of drug-likeness (QED) is 0.742. The van der Waals surface area contributed by atoms with Gasteiger partial charge < -0.3 is 15.2 Å². The Kier molecular flexibility index (Phi) is 5.83. The molecular weight excluding hydrogens is 281 g/mol. The predicted octanol–water partition coefficient (Wildman–Crippen LogP) is 1.39. The number of halogens is 1. The molecule has 0 radical (unpaired) electrons. The first-order chi connectivity index (χ1) is 9.85. The highest BCUT2D eigenvalue weighted by molar-refractivity contribution is 5.98. The summed E-state index contributed by atoms with van der Waals surface area (Å²) in [6.45, 7) is 1.32. The number of benzene rings is 1. The van der Waals surface area contributed by atoms with E-state index in [9.17, 15) is 18.8 Å². The van der Waals surface area contributed by atoms with Gasteiger partial charge in [0.1, 0.15) is 6.04 Å². The zero-order chi connectivity index (χ0) is 16.0. The summed E-state index contributed by atoms with van der Waals surface area (Å²) in [6, 6.07) is 2.75. The van der Waals surface area contributed by atoms with Gasteiger partial charge in [-0.25, -0.2) is 4.39 Å². The van der Waals surface area contributed by atoms with Crippen molar-refractivity contribution in [2.24, 2.45) is 0 Å². The summed E-state index contributed by atoms with van der Waals surface area (Å²) in [5.41, 5.74) is 0.132. The van der Waals surface area contributed by atoms with Gasteiger partial charge in [-0.1, -0.05) is 0 Å². The molecule has 0 saturated carbocycles. The fourth-order valence-electron chi connectivity index (χ4n) is 1.59. The number of amides is 1. The number of carbonyl (C=O) groups excluding carboxylic acids is 2. The van der Waals surface area contributed by atoms with Crippen LogP contribution in [0.2, 0.25) is 0 Å². The highest BCUT2D eigenvalue weighted by Gasteiger charge is 2.16. The Bertz CT molecular complexity index is 558. The van der Waals surface area contributed by atoms with Gasteiger partial charge in [0.2, 0.25) is 5.91 Å². The van der Waals surface area contributed by atoms with E-state index in [1.807, 2.05) is 0 Å². The first kappa shape index (κ1) is 16.6. The molecule has 0 aromatic heterocycles. The Hall–Kier alpha value is -2.44. The van der Waals surface area contributed by atoms with Crippen molar-refractivity contribution in [3.05, 3.63) is 29.6 Å². The lowest BCUT2D eigenvalue weighted by molar-refractivity contribution is -0.141. The average Bonchev–Trinajstić information content (AvgIpc) is 2.44. The minimum atomic E-state index is -1.16. The van der Waals surface area contributed by atoms with Gasteiger partial charge in [0, 0.05) is 18.4 Å². The molecule has 0 bridgehead atoms. The minimum absolute atomic E-state index is 0.0274. The molecule has 1 amide bonds. The number of ketones is 1. The second kappa shape index (κ2) is 7.37. The lowest BCUT2D eigenvalue weighted by Crippen LogP contribution is -2.38. The molecule has 7 heteroatoms. The monoisotopic (exact) mass is 297 g/mol. The van der Waals surface area contributed by atoms with Gasteiger partial charge in [-0.2, -0.15) is 0 Å². The molecule has 0 spiro atoms. The van der Waals surface area contributed by atoms with E-state index in [4.69, 9.17) is 9.84 Å². The third-order valence-electron chi connectivity index (χ3n) is 2.80. The molecule has 0 saturated heterocycles. The number of aliphatic carboxylic acids is 1. The molecule has 0 aliphatic heterocycles. The van der Waals surface area contributed by atoms with E-state index in [2.05, 4.69) is 5.32 Å². The maximum atomic E-state index is 13.4. The van der Waals surface area contributed by atoms with Gasteiger partial charge in [-0.05, 0) is 25.1 Å². The number of hydrogen-bond donors (Lipinski definition) is 2. The molecule has 0 heterocycles. The molecule has 21 heavy (non-hydrogen) atoms. The molecule has 0 aliphatic carbocycles. The van der Waals surface area contributed by atoms with E-state index in [1.54, 1.807) is 0 Å². The zero-order valence-corrected chi connectivity index (χ0v) is 11.7. The summed E-state index contributed by atoms with van der Waals surface area (Å²) in [7, 11) is 1.31. The number of carbonyl (C=O) groups is 3. The van der Waals surface area contributed by atoms with E-state index < -0.39 is 29.5 Å². The highest BCUT2D eigenvalue weighted by atomic mass is 19.1. The fraction of sp³-hybridized carbons (Fsp3) is 0.357. The van der Waals surface area contributed by atoms with Crippen molar-refractivity contribution >= 4 is 17.7 Å². The van der Waals surface area contributed by atoms with Gasteiger partial charge >= 0.3 is 5.97 Å². The fourth-order valence-corrected chi connectivity index (χ4v) is 1.59. The summed E-state index contributed by atoms with van der Waals surface area (Å²) in [4.78, 5) is 33.8. The third kappa shape index (κ3) is 4.87. The minimum Gasteiger partial charge on any atom is -0.494 e. The van der Waals surface area contributed by atoms with Crippen LogP contribution in [-0.2, 0) is 9.59 Å². The van der Waals surface area contributed by atoms with Crippen molar-refractivity contribution in [1.29, 1.82) is 0 Å². The molecule has 1 rings (SSSR count). The van der Waals surface area contributed by atoms with E-state index in [0.717, 1.165) is 6.07 Å². The SMILES string of the molecule is COc1ccc(C(=O)CCC(=O)N[C@H](C)C(=O)O)cc1F. The molecule has 1 aromatic rings. The average molecular weight is 297 g/mol. The summed E-state index contributed by atoms with van der Waals surface area (Å²) in [5.74, 6) is -2.75. The van der Waals surface area contributed by atoms with E-state index in [0.29, 0.717) is 0 Å². The molecule has 1 atom stereocenters. The van der Waals surface area contributed by atoms with Crippen molar-refractivity contribution < 1.29 is 28.6 Å². The molecular formula is C14H16FNO5. The van der Waals surface area contributed by atoms with Crippen molar-refractivity contribution in [2.45, 2.75) is 25.8 Å². The number of Topliss-reactive ketones (excluding diaryl/α,β-unsaturated/α-hetero) is 1. The Morgan fingerprint density at radius 2 is 2.00 bits per heavy atom. The highest BCUT2D eigenvalue weighted by Crippen LogP contribution is 2.18. The summed E-state index contributed by atoms with van der Waals surface area (Å²) >= 11 is 0. The van der Waals surface area contributed by atoms with Gasteiger partial charge in [-0.3, -0.25) is 14.4 Å². The number of carboxylic acids is 1. The van der Waals surface area contributed by atoms with Crippen LogP contribution < -0.4 is 10.1 Å². The molecule has 0 fully saturated rings. The lowest BCUT2D eigenvalue weighted by Gasteiger charge is -2.09. The number of hydrogen-bond acceptors (Lipinski definition) is 4. The van der Waals surface area contributed by atoms with Crippen LogP contribution in [0.1, 0.15) is 30.1 Å². The van der Waals surface area contributed by atoms with E-state index >= 15 is 0 Å². The Morgan fingerprint density at radius 3 is 2.52 bits per heavy atom. The van der Waals surface area contributed by atoms with Crippen molar-refractivity contribution in [2.75, 3.05) is 7.11 Å². The normalized spacial score (nSPS) is 11.6. The summed E-state index contributed by atoms with van der Waals surface area (Å²) in [6.07, 6.45) is -0.298. The van der Waals surface area contributed by atoms with Crippen LogP contribution in [0.25, 0.3) is 0 Å². The molecule has 0 unspecified atom stereocenters. The maximum absolute atomic E-state index is 13.4. The van der Waals surface area contributed by atoms with Gasteiger partial charge in [0.25, 0.3) is 0 Å². The first-order valence-corrected chi connectivity index (χ1v) is 6.24. The van der Waals surface area contributed by atoms with E-state index in [1.165, 1.54) is 26.2 Å². The van der Waals surface area contributed by atoms with Gasteiger partial charge in [0.15, 0.2) is 17.3 Å². The first-order valence-electron chi connectivity index (χ1n) is 6.24. The number of rotatable bonds is 7. The molecule has 1 aromatic carbocycles. The van der Waals surface area contributed by atoms with E-state index in [-0.39, 0.29) is 24.2 Å². The van der Waals surface area contributed by atoms with Crippen LogP contribution in [-0.4, -0.2) is 35.9 Å². The van der Waals surface area contributed by atoms with Gasteiger partial charge in [-0.15, -0.1) is 0 Å². The second-order valence-electron chi connectivity index (χ2n) is 4.40. The lowest BCUT2D eigenvalue weighted by atomic mass is 10.1. The standard InChI is InChI=1S/C14H16FNO5/c1-8(14(19)20)16-13(18)6-4-11(17)9-3-5-12(21-2)10(15)7-9/h3,5,7-8H,4,6H2,1-2H3,(H,16,18)(H,19,20)/t8-/m1/s1. The van der Waals surface area contributed by atoms with Gasteiger partial charge in [0.05, 0.1) is 7.11 Å². The summed E-state index contributed by atoms with van der Waals surface area (Å²) in [5, 5.41) is 10.9. The summed E-state index contributed by atoms with van der Waals surface area (Å²) < 4.78 is 18.2. The number of ether oxygens (including phenoxy) is 1. The molecule has 6 nitrogen and oxygen atoms in total. The largest absolute Gasteiger partial charge is 0.494 e. The predicted molar refractivity (Wildman–Crippen MR) is 71.8 cm³/mol. The van der Waals surface area contributed by atoms with Crippen LogP contribution in [0.15, 0.2) is 18.2 Å². The Morgan fingerprint density at radius 1 is 1.33 bits per heavy atom. The van der Waals surface area contributed by atoms with Crippen LogP contribution >= 0.6 is 0 Å².